The maximum atomic E-state index is 12.1. The Kier molecular flexibility index (Phi) is 6.72. The number of carbonyl (C=O) groups is 1. The van der Waals surface area contributed by atoms with Crippen LogP contribution in [0.2, 0.25) is 5.02 Å². The second-order valence-electron chi connectivity index (χ2n) is 9.27. The van der Waals surface area contributed by atoms with Gasteiger partial charge >= 0.3 is 0 Å². The van der Waals surface area contributed by atoms with E-state index >= 15 is 0 Å². The van der Waals surface area contributed by atoms with E-state index < -0.39 is 0 Å². The summed E-state index contributed by atoms with van der Waals surface area (Å²) in [6.45, 7) is 10.6. The zero-order chi connectivity index (χ0) is 21.9. The molecule has 30 heavy (non-hydrogen) atoms. The molecule has 3 rings (SSSR count). The molecule has 0 saturated heterocycles. The predicted molar refractivity (Wildman–Crippen MR) is 125 cm³/mol. The molecule has 0 saturated carbocycles. The summed E-state index contributed by atoms with van der Waals surface area (Å²) in [5.41, 5.74) is 5.93. The van der Waals surface area contributed by atoms with Gasteiger partial charge in [0.2, 0.25) is 0 Å². The number of pyridine rings is 2. The molecule has 0 N–H and O–H groups in total. The Bertz CT molecular complexity index is 1050. The van der Waals surface area contributed by atoms with Gasteiger partial charge in [0.1, 0.15) is 5.78 Å². The van der Waals surface area contributed by atoms with Crippen LogP contribution in [-0.4, -0.2) is 15.8 Å². The van der Waals surface area contributed by atoms with E-state index in [1.807, 2.05) is 42.9 Å². The zero-order valence-corrected chi connectivity index (χ0v) is 19.1. The Labute approximate surface area is 184 Å². The number of aromatic nitrogens is 2. The topological polar surface area (TPSA) is 42.9 Å². The lowest BCUT2D eigenvalue weighted by Gasteiger charge is -2.18. The quantitative estimate of drug-likeness (QED) is 0.434. The summed E-state index contributed by atoms with van der Waals surface area (Å²) in [6, 6.07) is 12.1. The normalized spacial score (nSPS) is 11.7. The van der Waals surface area contributed by atoms with Gasteiger partial charge < -0.3 is 0 Å². The number of halogens is 1. The standard InChI is InChI=1S/C26H29ClN2O/c1-17(2)10-22(30)11-18-6-7-23(24(27)12-18)21-13-20(15-28-16-21)19-8-9-29-25(14-19)26(3,4)5/h6-9,12-17H,10-11H2,1-5H3. The lowest BCUT2D eigenvalue weighted by molar-refractivity contribution is -0.119. The summed E-state index contributed by atoms with van der Waals surface area (Å²) in [4.78, 5) is 21.1. The number of Topliss-reactive ketones (excluding diaryl/α,β-unsaturated/α-hetero) is 1. The van der Waals surface area contributed by atoms with Crippen molar-refractivity contribution in [2.45, 2.75) is 52.9 Å². The zero-order valence-electron chi connectivity index (χ0n) is 18.4. The minimum atomic E-state index is -0.0206. The van der Waals surface area contributed by atoms with E-state index in [4.69, 9.17) is 11.6 Å². The van der Waals surface area contributed by atoms with Crippen molar-refractivity contribution < 1.29 is 4.79 Å². The van der Waals surface area contributed by atoms with Crippen molar-refractivity contribution in [1.29, 1.82) is 0 Å². The smallest absolute Gasteiger partial charge is 0.137 e. The Morgan fingerprint density at radius 1 is 1.00 bits per heavy atom. The molecule has 0 amide bonds. The van der Waals surface area contributed by atoms with E-state index in [2.05, 4.69) is 56.7 Å². The molecule has 0 fully saturated rings. The molecule has 0 bridgehead atoms. The number of hydrogen-bond acceptors (Lipinski definition) is 3. The molecular formula is C26H29ClN2O. The summed E-state index contributed by atoms with van der Waals surface area (Å²) in [7, 11) is 0. The fraction of sp³-hybridized carbons (Fsp3) is 0.346. The maximum Gasteiger partial charge on any atom is 0.137 e. The molecule has 0 unspecified atom stereocenters. The van der Waals surface area contributed by atoms with Crippen LogP contribution in [0.4, 0.5) is 0 Å². The summed E-state index contributed by atoms with van der Waals surface area (Å²) in [5, 5.41) is 0.633. The van der Waals surface area contributed by atoms with E-state index in [0.717, 1.165) is 33.5 Å². The maximum absolute atomic E-state index is 12.1. The van der Waals surface area contributed by atoms with E-state index in [1.54, 1.807) is 0 Å². The lowest BCUT2D eigenvalue weighted by Crippen LogP contribution is -2.13. The molecular weight excluding hydrogens is 392 g/mol. The Morgan fingerprint density at radius 2 is 1.73 bits per heavy atom. The van der Waals surface area contributed by atoms with Gasteiger partial charge in [-0.3, -0.25) is 14.8 Å². The molecule has 1 aromatic carbocycles. The third-order valence-corrected chi connectivity index (χ3v) is 5.29. The van der Waals surface area contributed by atoms with E-state index in [-0.39, 0.29) is 11.2 Å². The number of ketones is 1. The first kappa shape index (κ1) is 22.2. The van der Waals surface area contributed by atoms with Crippen LogP contribution in [0.3, 0.4) is 0 Å². The molecule has 156 valence electrons. The molecule has 0 spiro atoms. The largest absolute Gasteiger partial charge is 0.299 e. The fourth-order valence-corrected chi connectivity index (χ4v) is 3.74. The summed E-state index contributed by atoms with van der Waals surface area (Å²) in [6.07, 6.45) is 6.54. The highest BCUT2D eigenvalue weighted by molar-refractivity contribution is 6.33. The van der Waals surface area contributed by atoms with Gasteiger partial charge in [0, 0.05) is 64.3 Å². The van der Waals surface area contributed by atoms with Crippen molar-refractivity contribution >= 4 is 17.4 Å². The van der Waals surface area contributed by atoms with Crippen molar-refractivity contribution in [3.05, 3.63) is 71.3 Å². The highest BCUT2D eigenvalue weighted by Crippen LogP contribution is 2.32. The van der Waals surface area contributed by atoms with Gasteiger partial charge in [0.15, 0.2) is 0 Å². The Balaban J connectivity index is 1.88. The van der Waals surface area contributed by atoms with Crippen LogP contribution in [0, 0.1) is 5.92 Å². The van der Waals surface area contributed by atoms with E-state index in [1.165, 1.54) is 0 Å². The van der Waals surface area contributed by atoms with Gasteiger partial charge in [-0.25, -0.2) is 0 Å². The number of hydrogen-bond donors (Lipinski definition) is 0. The van der Waals surface area contributed by atoms with Crippen LogP contribution in [-0.2, 0) is 16.6 Å². The molecule has 0 aliphatic rings. The average Bonchev–Trinajstić information content (AvgIpc) is 2.67. The van der Waals surface area contributed by atoms with E-state index in [0.29, 0.717) is 23.8 Å². The van der Waals surface area contributed by atoms with Crippen molar-refractivity contribution in [3.63, 3.8) is 0 Å². The molecule has 3 nitrogen and oxygen atoms in total. The van der Waals surface area contributed by atoms with Crippen LogP contribution in [0.15, 0.2) is 55.0 Å². The Hall–Kier alpha value is -2.52. The van der Waals surface area contributed by atoms with Gasteiger partial charge in [-0.2, -0.15) is 0 Å². The predicted octanol–water partition coefficient (Wildman–Crippen LogP) is 6.92. The molecule has 0 aliphatic heterocycles. The van der Waals surface area contributed by atoms with Crippen LogP contribution < -0.4 is 0 Å². The van der Waals surface area contributed by atoms with Crippen LogP contribution in [0.5, 0.6) is 0 Å². The molecule has 3 aromatic rings. The number of carbonyl (C=O) groups excluding carboxylic acids is 1. The van der Waals surface area contributed by atoms with Crippen molar-refractivity contribution in [2.24, 2.45) is 5.92 Å². The third kappa shape index (κ3) is 5.54. The molecule has 2 aromatic heterocycles. The number of rotatable bonds is 6. The monoisotopic (exact) mass is 420 g/mol. The van der Waals surface area contributed by atoms with Crippen LogP contribution in [0.25, 0.3) is 22.3 Å². The van der Waals surface area contributed by atoms with Gasteiger partial charge in [0.05, 0.1) is 0 Å². The highest BCUT2D eigenvalue weighted by atomic mass is 35.5. The molecule has 0 atom stereocenters. The van der Waals surface area contributed by atoms with Crippen LogP contribution in [0.1, 0.15) is 52.3 Å². The summed E-state index contributed by atoms with van der Waals surface area (Å²) >= 11 is 6.59. The number of benzene rings is 1. The van der Waals surface area contributed by atoms with Gasteiger partial charge in [0.25, 0.3) is 0 Å². The average molecular weight is 421 g/mol. The first-order valence-corrected chi connectivity index (χ1v) is 10.7. The summed E-state index contributed by atoms with van der Waals surface area (Å²) < 4.78 is 0. The van der Waals surface area contributed by atoms with Gasteiger partial charge in [-0.05, 0) is 41.3 Å². The first-order valence-electron chi connectivity index (χ1n) is 10.4. The molecule has 0 radical (unpaired) electrons. The second-order valence-corrected chi connectivity index (χ2v) is 9.68. The van der Waals surface area contributed by atoms with Crippen molar-refractivity contribution in [1.82, 2.24) is 9.97 Å². The van der Waals surface area contributed by atoms with Gasteiger partial charge in [-0.1, -0.05) is 58.4 Å². The van der Waals surface area contributed by atoms with E-state index in [9.17, 15) is 4.79 Å². The fourth-order valence-electron chi connectivity index (χ4n) is 3.42. The van der Waals surface area contributed by atoms with Crippen molar-refractivity contribution in [3.8, 4) is 22.3 Å². The number of nitrogens with zero attached hydrogens (tertiary/aromatic N) is 2. The second kappa shape index (κ2) is 9.09. The SMILES string of the molecule is CC(C)CC(=O)Cc1ccc(-c2cncc(-c3ccnc(C(C)(C)C)c3)c2)c(Cl)c1. The Morgan fingerprint density at radius 3 is 2.40 bits per heavy atom. The molecule has 4 heteroatoms. The first-order chi connectivity index (χ1) is 14.1. The highest BCUT2D eigenvalue weighted by Gasteiger charge is 2.16. The third-order valence-electron chi connectivity index (χ3n) is 4.98. The molecule has 2 heterocycles. The molecule has 0 aliphatic carbocycles. The van der Waals surface area contributed by atoms with Crippen LogP contribution >= 0.6 is 11.6 Å². The minimum Gasteiger partial charge on any atom is -0.299 e. The van der Waals surface area contributed by atoms with Gasteiger partial charge in [-0.15, -0.1) is 0 Å². The summed E-state index contributed by atoms with van der Waals surface area (Å²) in [5.74, 6) is 0.609. The minimum absolute atomic E-state index is 0.0206. The lowest BCUT2D eigenvalue weighted by atomic mass is 9.90. The van der Waals surface area contributed by atoms with Crippen molar-refractivity contribution in [2.75, 3.05) is 0 Å².